The fraction of sp³-hybridized carbons (Fsp3) is 0.474. The molecule has 1 heterocycles. The molecule has 138 valence electrons. The molecule has 7 nitrogen and oxygen atoms in total. The van der Waals surface area contributed by atoms with E-state index >= 15 is 0 Å². The zero-order valence-corrected chi connectivity index (χ0v) is 15.3. The number of carbonyl (C=O) groups is 2. The van der Waals surface area contributed by atoms with Crippen LogP contribution in [0.1, 0.15) is 65.2 Å². The number of ketones is 2. The molecule has 7 heteroatoms. The van der Waals surface area contributed by atoms with Crippen molar-refractivity contribution in [3.63, 3.8) is 0 Å². The number of nitrogens with zero attached hydrogens (tertiary/aromatic N) is 4. The van der Waals surface area contributed by atoms with Crippen LogP contribution in [0.4, 0.5) is 0 Å². The molecule has 0 spiro atoms. The molecule has 0 bridgehead atoms. The molecule has 0 saturated carbocycles. The van der Waals surface area contributed by atoms with Gasteiger partial charge in [0.2, 0.25) is 17.3 Å². The Kier molecular flexibility index (Phi) is 5.46. The maximum absolute atomic E-state index is 12.8. The molecule has 0 radical (unpaired) electrons. The Labute approximate surface area is 152 Å². The van der Waals surface area contributed by atoms with Crippen molar-refractivity contribution in [2.75, 3.05) is 19.6 Å². The second-order valence-electron chi connectivity index (χ2n) is 6.57. The Morgan fingerprint density at radius 2 is 1.65 bits per heavy atom. The summed E-state index contributed by atoms with van der Waals surface area (Å²) < 4.78 is 1.29. The van der Waals surface area contributed by atoms with Crippen LogP contribution in [0.3, 0.4) is 0 Å². The van der Waals surface area contributed by atoms with Crippen LogP contribution in [0.2, 0.25) is 0 Å². The number of benzene rings is 1. The maximum atomic E-state index is 12.8. The molecule has 1 aromatic carbocycles. The summed E-state index contributed by atoms with van der Waals surface area (Å²) in [5.41, 5.74) is 0.724. The monoisotopic (exact) mass is 356 g/mol. The van der Waals surface area contributed by atoms with E-state index in [1.807, 2.05) is 0 Å². The summed E-state index contributed by atoms with van der Waals surface area (Å²) in [5.74, 6) is -0.673. The van der Waals surface area contributed by atoms with Gasteiger partial charge in [-0.2, -0.15) is 0 Å². The van der Waals surface area contributed by atoms with Gasteiger partial charge in [0.25, 0.3) is 0 Å². The van der Waals surface area contributed by atoms with E-state index in [9.17, 15) is 14.8 Å². The molecule has 0 aliphatic heterocycles. The highest BCUT2D eigenvalue weighted by Gasteiger charge is 2.38. The van der Waals surface area contributed by atoms with E-state index in [0.717, 1.165) is 32.5 Å². The van der Waals surface area contributed by atoms with Gasteiger partial charge in [0, 0.05) is 27.7 Å². The first-order valence-electron chi connectivity index (χ1n) is 9.19. The normalized spacial score (nSPS) is 13.2. The summed E-state index contributed by atoms with van der Waals surface area (Å²) in [7, 11) is 0. The lowest BCUT2D eigenvalue weighted by molar-refractivity contribution is -0.749. The number of hydrogen-bond donors (Lipinski definition) is 0. The molecule has 0 saturated heterocycles. The second-order valence-corrected chi connectivity index (χ2v) is 6.57. The third-order valence-electron chi connectivity index (χ3n) is 4.64. The van der Waals surface area contributed by atoms with Crippen LogP contribution in [0.5, 0.6) is 0 Å². The molecule has 26 heavy (non-hydrogen) atoms. The average molecular weight is 356 g/mol. The Morgan fingerprint density at radius 3 is 2.27 bits per heavy atom. The summed E-state index contributed by atoms with van der Waals surface area (Å²) in [5, 5.41) is 16.0. The summed E-state index contributed by atoms with van der Waals surface area (Å²) in [6.07, 6.45) is 2.87. The molecular formula is C19H24N4O3. The summed E-state index contributed by atoms with van der Waals surface area (Å²) >= 11 is 0. The van der Waals surface area contributed by atoms with Gasteiger partial charge in [0.15, 0.2) is 5.69 Å². The van der Waals surface area contributed by atoms with E-state index < -0.39 is 0 Å². The SMILES string of the molecule is CCCN(CCC)CCCn1c2c(n[n+]1[O-])C(=O)c1ccccc1C2=O. The number of aromatic nitrogens is 3. The molecule has 1 aromatic heterocycles. The third-order valence-corrected chi connectivity index (χ3v) is 4.64. The van der Waals surface area contributed by atoms with Crippen LogP contribution in [0.25, 0.3) is 0 Å². The van der Waals surface area contributed by atoms with Gasteiger partial charge in [-0.3, -0.25) is 9.59 Å². The lowest BCUT2D eigenvalue weighted by Gasteiger charge is -2.20. The van der Waals surface area contributed by atoms with Crippen LogP contribution in [0, 0.1) is 5.21 Å². The topological polar surface area (TPSA) is 82.1 Å². The number of fused-ring (bicyclic) bond motifs is 2. The Balaban J connectivity index is 1.82. The highest BCUT2D eigenvalue weighted by Crippen LogP contribution is 2.25. The van der Waals surface area contributed by atoms with Crippen molar-refractivity contribution >= 4 is 11.6 Å². The molecule has 1 aliphatic carbocycles. The summed E-state index contributed by atoms with van der Waals surface area (Å²) in [6.45, 7) is 7.50. The number of hydrogen-bond acceptors (Lipinski definition) is 5. The van der Waals surface area contributed by atoms with Crippen molar-refractivity contribution in [1.82, 2.24) is 14.7 Å². The Morgan fingerprint density at radius 1 is 1.04 bits per heavy atom. The van der Waals surface area contributed by atoms with E-state index in [1.54, 1.807) is 24.3 Å². The van der Waals surface area contributed by atoms with Crippen LogP contribution < -0.4 is 4.96 Å². The molecule has 0 amide bonds. The highest BCUT2D eigenvalue weighted by atomic mass is 16.5. The fourth-order valence-electron chi connectivity index (χ4n) is 3.52. The first-order valence-corrected chi connectivity index (χ1v) is 9.19. The predicted octanol–water partition coefficient (Wildman–Crippen LogP) is 1.80. The zero-order chi connectivity index (χ0) is 18.7. The molecule has 1 aliphatic rings. The molecule has 0 atom stereocenters. The van der Waals surface area contributed by atoms with Gasteiger partial charge in [-0.05, 0) is 32.4 Å². The van der Waals surface area contributed by atoms with E-state index in [1.165, 1.54) is 4.68 Å². The Hall–Kier alpha value is -2.54. The van der Waals surface area contributed by atoms with Crippen LogP contribution in [0.15, 0.2) is 24.3 Å². The third kappa shape index (κ3) is 3.26. The minimum absolute atomic E-state index is 0.0392. The summed E-state index contributed by atoms with van der Waals surface area (Å²) in [6, 6.07) is 6.64. The highest BCUT2D eigenvalue weighted by molar-refractivity contribution is 6.26. The van der Waals surface area contributed by atoms with E-state index in [2.05, 4.69) is 23.8 Å². The average Bonchev–Trinajstić information content (AvgIpc) is 2.97. The quantitative estimate of drug-likeness (QED) is 0.454. The summed E-state index contributed by atoms with van der Waals surface area (Å²) in [4.78, 5) is 28.1. The smallest absolute Gasteiger partial charge is 0.220 e. The van der Waals surface area contributed by atoms with Crippen molar-refractivity contribution < 1.29 is 14.5 Å². The van der Waals surface area contributed by atoms with Crippen molar-refractivity contribution in [3.05, 3.63) is 52.0 Å². The largest absolute Gasteiger partial charge is 0.571 e. The van der Waals surface area contributed by atoms with Gasteiger partial charge in [0.05, 0.1) is 6.54 Å². The van der Waals surface area contributed by atoms with Gasteiger partial charge in [0.1, 0.15) is 0 Å². The van der Waals surface area contributed by atoms with Crippen molar-refractivity contribution in [2.24, 2.45) is 0 Å². The second kappa shape index (κ2) is 7.78. The fourth-order valence-corrected chi connectivity index (χ4v) is 3.52. The standard InChI is InChI=1S/C19H24N4O3/c1-3-10-21(11-4-2)12-7-13-22-17-16(20-23(22)26)18(24)14-8-5-6-9-15(14)19(17)25/h5-6,8-9H,3-4,7,10-13H2,1-2H3. The van der Waals surface area contributed by atoms with Gasteiger partial charge >= 0.3 is 0 Å². The van der Waals surface area contributed by atoms with Crippen LogP contribution in [-0.2, 0) is 6.54 Å². The van der Waals surface area contributed by atoms with Gasteiger partial charge < -0.3 is 10.1 Å². The zero-order valence-electron chi connectivity index (χ0n) is 15.3. The molecule has 0 N–H and O–H groups in total. The van der Waals surface area contributed by atoms with Gasteiger partial charge in [-0.25, -0.2) is 0 Å². The molecule has 3 rings (SSSR count). The lowest BCUT2D eigenvalue weighted by Crippen LogP contribution is -2.42. The van der Waals surface area contributed by atoms with Crippen molar-refractivity contribution in [1.29, 1.82) is 0 Å². The van der Waals surface area contributed by atoms with Gasteiger partial charge in [-0.1, -0.05) is 38.1 Å². The van der Waals surface area contributed by atoms with E-state index in [-0.39, 0.29) is 23.0 Å². The first-order chi connectivity index (χ1) is 12.6. The van der Waals surface area contributed by atoms with E-state index in [0.29, 0.717) is 29.1 Å². The maximum Gasteiger partial charge on any atom is 0.220 e. The molecule has 0 unspecified atom stereocenters. The van der Waals surface area contributed by atoms with E-state index in [4.69, 9.17) is 0 Å². The molecular weight excluding hydrogens is 332 g/mol. The van der Waals surface area contributed by atoms with Crippen LogP contribution >= 0.6 is 0 Å². The van der Waals surface area contributed by atoms with Crippen LogP contribution in [-0.4, -0.2) is 45.9 Å². The Bertz CT molecular complexity index is 822. The predicted molar refractivity (Wildman–Crippen MR) is 96.1 cm³/mol. The molecule has 2 aromatic rings. The molecule has 0 fully saturated rings. The number of carbonyl (C=O) groups excluding carboxylic acids is 2. The number of rotatable bonds is 8. The first kappa shape index (κ1) is 18.3. The lowest BCUT2D eigenvalue weighted by atomic mass is 9.90. The van der Waals surface area contributed by atoms with Crippen molar-refractivity contribution in [2.45, 2.75) is 39.7 Å². The van der Waals surface area contributed by atoms with Gasteiger partial charge in [-0.15, -0.1) is 4.68 Å². The minimum atomic E-state index is -0.364. The minimum Gasteiger partial charge on any atom is -0.571 e. The van der Waals surface area contributed by atoms with Crippen molar-refractivity contribution in [3.8, 4) is 0 Å².